The van der Waals surface area contributed by atoms with Gasteiger partial charge in [0.1, 0.15) is 0 Å². The Bertz CT molecular complexity index is 268. The second-order valence-electron chi connectivity index (χ2n) is 3.01. The van der Waals surface area contributed by atoms with E-state index >= 15 is 0 Å². The first-order valence-electron chi connectivity index (χ1n) is 4.30. The van der Waals surface area contributed by atoms with Gasteiger partial charge in [-0.1, -0.05) is 28.4 Å². The van der Waals surface area contributed by atoms with Crippen molar-refractivity contribution in [1.82, 2.24) is 0 Å². The van der Waals surface area contributed by atoms with E-state index in [4.69, 9.17) is 15.8 Å². The molecule has 3 heteroatoms. The summed E-state index contributed by atoms with van der Waals surface area (Å²) in [4.78, 5) is 0. The molecule has 1 aromatic rings. The van der Waals surface area contributed by atoms with Crippen LogP contribution in [-0.4, -0.2) is 6.61 Å². The van der Waals surface area contributed by atoms with Gasteiger partial charge in [0, 0.05) is 11.9 Å². The Hall–Kier alpha value is -0.100. The molecule has 0 aliphatic rings. The number of hydrogen-bond donors (Lipinski definition) is 0. The van der Waals surface area contributed by atoms with Gasteiger partial charge in [-0.3, -0.25) is 0 Å². The zero-order valence-corrected chi connectivity index (χ0v) is 9.82. The van der Waals surface area contributed by atoms with Gasteiger partial charge in [0.2, 0.25) is 0 Å². The minimum Gasteiger partial charge on any atom is -0.340 e. The van der Waals surface area contributed by atoms with Crippen molar-refractivity contribution >= 4 is 24.0 Å². The highest BCUT2D eigenvalue weighted by Crippen LogP contribution is 2.41. The number of aryl methyl sites for hydroxylation is 2. The van der Waals surface area contributed by atoms with Crippen LogP contribution in [0.15, 0.2) is 18.2 Å². The average Bonchev–Trinajstić information content (AvgIpc) is 2.03. The van der Waals surface area contributed by atoms with Gasteiger partial charge >= 0.3 is 0 Å². The summed E-state index contributed by atoms with van der Waals surface area (Å²) in [5, 5.41) is 1.11. The second-order valence-corrected chi connectivity index (χ2v) is 5.19. The third-order valence-corrected chi connectivity index (χ3v) is 3.68. The maximum atomic E-state index is 6.09. The normalized spacial score (nSPS) is 12.9. The average molecular weight is 217 g/mol. The molecule has 1 rings (SSSR count). The lowest BCUT2D eigenvalue weighted by molar-refractivity contribution is 0.390. The van der Waals surface area contributed by atoms with E-state index in [9.17, 15) is 0 Å². The van der Waals surface area contributed by atoms with Gasteiger partial charge < -0.3 is 4.52 Å². The quantitative estimate of drug-likeness (QED) is 0.703. The van der Waals surface area contributed by atoms with E-state index in [1.54, 1.807) is 0 Å². The van der Waals surface area contributed by atoms with Crippen molar-refractivity contribution in [3.63, 3.8) is 0 Å². The number of halogens is 1. The molecule has 0 aromatic heterocycles. The monoisotopic (exact) mass is 216 g/mol. The summed E-state index contributed by atoms with van der Waals surface area (Å²) in [6.07, 6.45) is 0. The lowest BCUT2D eigenvalue weighted by Crippen LogP contribution is -2.01. The molecule has 13 heavy (non-hydrogen) atoms. The van der Waals surface area contributed by atoms with Gasteiger partial charge in [0.25, 0.3) is 0 Å². The molecule has 0 saturated heterocycles. The van der Waals surface area contributed by atoms with Crippen LogP contribution < -0.4 is 5.30 Å². The summed E-state index contributed by atoms with van der Waals surface area (Å²) in [5.74, 6) is 0. The van der Waals surface area contributed by atoms with E-state index < -0.39 is 7.50 Å². The van der Waals surface area contributed by atoms with Gasteiger partial charge in [-0.15, -0.1) is 0 Å². The van der Waals surface area contributed by atoms with Gasteiger partial charge in [-0.05, 0) is 32.9 Å². The van der Waals surface area contributed by atoms with Crippen LogP contribution in [0.1, 0.15) is 18.1 Å². The summed E-state index contributed by atoms with van der Waals surface area (Å²) in [7, 11) is -0.936. The predicted octanol–water partition coefficient (Wildman–Crippen LogP) is 3.52. The van der Waals surface area contributed by atoms with Crippen molar-refractivity contribution in [2.45, 2.75) is 20.8 Å². The first kappa shape index (κ1) is 11.0. The highest BCUT2D eigenvalue weighted by molar-refractivity contribution is 7.86. The van der Waals surface area contributed by atoms with Crippen molar-refractivity contribution in [2.24, 2.45) is 0 Å². The summed E-state index contributed by atoms with van der Waals surface area (Å²) >= 11 is 6.09. The lowest BCUT2D eigenvalue weighted by Gasteiger charge is -2.10. The molecule has 0 heterocycles. The van der Waals surface area contributed by atoms with Crippen LogP contribution >= 0.6 is 18.7 Å². The molecular weight excluding hydrogens is 203 g/mol. The van der Waals surface area contributed by atoms with Crippen molar-refractivity contribution in [1.29, 1.82) is 0 Å². The first-order chi connectivity index (χ1) is 6.13. The molecule has 1 nitrogen and oxygen atoms in total. The van der Waals surface area contributed by atoms with Crippen molar-refractivity contribution < 1.29 is 4.52 Å². The van der Waals surface area contributed by atoms with Gasteiger partial charge in [-0.2, -0.15) is 0 Å². The second kappa shape index (κ2) is 4.95. The van der Waals surface area contributed by atoms with Gasteiger partial charge in [0.05, 0.1) is 0 Å². The zero-order chi connectivity index (χ0) is 9.84. The van der Waals surface area contributed by atoms with Crippen LogP contribution in [0.25, 0.3) is 0 Å². The van der Waals surface area contributed by atoms with Crippen molar-refractivity contribution in [3.8, 4) is 0 Å². The molecule has 0 saturated carbocycles. The predicted molar refractivity (Wildman–Crippen MR) is 59.9 cm³/mol. The third-order valence-electron chi connectivity index (χ3n) is 1.65. The Morgan fingerprint density at radius 1 is 1.23 bits per heavy atom. The number of hydrogen-bond acceptors (Lipinski definition) is 1. The fourth-order valence-corrected chi connectivity index (χ4v) is 2.81. The number of benzene rings is 1. The van der Waals surface area contributed by atoms with Gasteiger partial charge in [-0.25, -0.2) is 0 Å². The van der Waals surface area contributed by atoms with E-state index in [0.29, 0.717) is 6.61 Å². The van der Waals surface area contributed by atoms with Crippen LogP contribution in [0.3, 0.4) is 0 Å². The van der Waals surface area contributed by atoms with E-state index in [-0.39, 0.29) is 0 Å². The molecule has 0 N–H and O–H groups in total. The molecule has 1 aromatic carbocycles. The Morgan fingerprint density at radius 3 is 2.23 bits per heavy atom. The van der Waals surface area contributed by atoms with Crippen LogP contribution in [0.4, 0.5) is 0 Å². The van der Waals surface area contributed by atoms with Gasteiger partial charge in [0.15, 0.2) is 7.50 Å². The molecule has 1 unspecified atom stereocenters. The molecule has 0 spiro atoms. The summed E-state index contributed by atoms with van der Waals surface area (Å²) in [6.45, 7) is 6.77. The van der Waals surface area contributed by atoms with Crippen LogP contribution in [0, 0.1) is 13.8 Å². The Kier molecular flexibility index (Phi) is 4.18. The van der Waals surface area contributed by atoms with Crippen LogP contribution in [0.5, 0.6) is 0 Å². The fraction of sp³-hybridized carbons (Fsp3) is 0.400. The molecule has 0 bridgehead atoms. The molecule has 0 amide bonds. The third kappa shape index (κ3) is 3.27. The largest absolute Gasteiger partial charge is 0.340 e. The molecule has 0 radical (unpaired) electrons. The Labute approximate surface area is 85.7 Å². The molecule has 72 valence electrons. The standard InChI is InChI=1S/C10H14ClOP/c1-4-12-13(11)10-6-8(2)5-9(3)7-10/h5-7H,4H2,1-3H3. The summed E-state index contributed by atoms with van der Waals surface area (Å²) in [6, 6.07) is 6.30. The topological polar surface area (TPSA) is 9.23 Å². The van der Waals surface area contributed by atoms with Crippen molar-refractivity contribution in [3.05, 3.63) is 29.3 Å². The van der Waals surface area contributed by atoms with E-state index in [2.05, 4.69) is 32.0 Å². The Balaban J connectivity index is 2.87. The molecule has 0 fully saturated rings. The minimum atomic E-state index is -0.936. The maximum Gasteiger partial charge on any atom is 0.157 e. The molecule has 0 aliphatic heterocycles. The maximum absolute atomic E-state index is 6.09. The van der Waals surface area contributed by atoms with Crippen molar-refractivity contribution in [2.75, 3.05) is 6.61 Å². The van der Waals surface area contributed by atoms with Crippen LogP contribution in [0.2, 0.25) is 0 Å². The highest BCUT2D eigenvalue weighted by Gasteiger charge is 2.08. The van der Waals surface area contributed by atoms with E-state index in [0.717, 1.165) is 5.30 Å². The first-order valence-corrected chi connectivity index (χ1v) is 6.47. The zero-order valence-electron chi connectivity index (χ0n) is 8.17. The Morgan fingerprint density at radius 2 is 1.77 bits per heavy atom. The highest BCUT2D eigenvalue weighted by atomic mass is 35.7. The van der Waals surface area contributed by atoms with E-state index in [1.807, 2.05) is 6.92 Å². The fourth-order valence-electron chi connectivity index (χ4n) is 1.24. The molecular formula is C10H14ClOP. The molecule has 1 atom stereocenters. The smallest absolute Gasteiger partial charge is 0.157 e. The SMILES string of the molecule is CCOP(Cl)c1cc(C)cc(C)c1. The summed E-state index contributed by atoms with van der Waals surface area (Å²) < 4.78 is 5.37. The minimum absolute atomic E-state index is 0.669. The molecule has 0 aliphatic carbocycles. The lowest BCUT2D eigenvalue weighted by atomic mass is 10.2. The summed E-state index contributed by atoms with van der Waals surface area (Å²) in [5.41, 5.74) is 2.48. The van der Waals surface area contributed by atoms with E-state index in [1.165, 1.54) is 11.1 Å². The van der Waals surface area contributed by atoms with Crippen LogP contribution in [-0.2, 0) is 4.52 Å². The number of rotatable bonds is 3.